The molecule has 4 rings (SSSR count). The molecular formula is C16H15N5O. The van der Waals surface area contributed by atoms with E-state index in [1.165, 1.54) is 0 Å². The van der Waals surface area contributed by atoms with Crippen LogP contribution < -0.4 is 16.2 Å². The second-order valence-corrected chi connectivity index (χ2v) is 5.39. The van der Waals surface area contributed by atoms with Crippen LogP contribution in [-0.4, -0.2) is 21.0 Å². The highest BCUT2D eigenvalue weighted by Gasteiger charge is 2.23. The summed E-state index contributed by atoms with van der Waals surface area (Å²) in [5, 5.41) is 7.96. The number of H-pyrrole nitrogens is 1. The summed E-state index contributed by atoms with van der Waals surface area (Å²) in [5.74, 6) is 2.01. The predicted octanol–water partition coefficient (Wildman–Crippen LogP) is 2.64. The van der Waals surface area contributed by atoms with Crippen molar-refractivity contribution in [1.82, 2.24) is 15.0 Å². The van der Waals surface area contributed by atoms with Crippen molar-refractivity contribution in [3.8, 4) is 0 Å². The smallest absolute Gasteiger partial charge is 0.259 e. The molecule has 1 saturated carbocycles. The van der Waals surface area contributed by atoms with Gasteiger partial charge >= 0.3 is 0 Å². The highest BCUT2D eigenvalue weighted by Crippen LogP contribution is 2.29. The van der Waals surface area contributed by atoms with Crippen LogP contribution in [0.3, 0.4) is 0 Å². The number of nitrogens with one attached hydrogen (secondary N) is 3. The fraction of sp³-hybridized carbons (Fsp3) is 0.188. The van der Waals surface area contributed by atoms with E-state index >= 15 is 0 Å². The maximum absolute atomic E-state index is 12.1. The molecule has 3 aromatic heterocycles. The number of rotatable bonds is 4. The van der Waals surface area contributed by atoms with Gasteiger partial charge in [-0.15, -0.1) is 0 Å². The Kier molecular flexibility index (Phi) is 3.00. The molecule has 22 heavy (non-hydrogen) atoms. The summed E-state index contributed by atoms with van der Waals surface area (Å²) < 4.78 is 0. The van der Waals surface area contributed by atoms with E-state index in [1.807, 2.05) is 30.3 Å². The van der Waals surface area contributed by atoms with Crippen molar-refractivity contribution in [1.29, 1.82) is 0 Å². The first kappa shape index (κ1) is 12.8. The fourth-order valence-corrected chi connectivity index (χ4v) is 2.37. The Hall–Kier alpha value is -2.89. The minimum absolute atomic E-state index is 0.127. The normalized spacial score (nSPS) is 14.0. The van der Waals surface area contributed by atoms with Gasteiger partial charge in [-0.2, -0.15) is 0 Å². The van der Waals surface area contributed by atoms with Crippen molar-refractivity contribution in [2.75, 3.05) is 10.6 Å². The lowest BCUT2D eigenvalue weighted by atomic mass is 10.2. The van der Waals surface area contributed by atoms with Crippen LogP contribution in [-0.2, 0) is 0 Å². The molecule has 0 atom stereocenters. The van der Waals surface area contributed by atoms with E-state index in [0.717, 1.165) is 24.0 Å². The number of aromatic amines is 1. The SMILES string of the molecule is O=c1[nH]ccc2cc(Nc3ccccn3)nc(NC3CC3)c12. The number of hydrogen-bond acceptors (Lipinski definition) is 5. The van der Waals surface area contributed by atoms with Crippen LogP contribution in [0.25, 0.3) is 10.8 Å². The quantitative estimate of drug-likeness (QED) is 0.689. The maximum Gasteiger partial charge on any atom is 0.259 e. The monoisotopic (exact) mass is 293 g/mol. The topological polar surface area (TPSA) is 82.7 Å². The van der Waals surface area contributed by atoms with Crippen molar-refractivity contribution in [2.24, 2.45) is 0 Å². The Balaban J connectivity index is 1.80. The van der Waals surface area contributed by atoms with Gasteiger partial charge in [0.25, 0.3) is 5.56 Å². The molecule has 1 aliphatic carbocycles. The Morgan fingerprint density at radius 1 is 1.18 bits per heavy atom. The van der Waals surface area contributed by atoms with Gasteiger partial charge in [0.2, 0.25) is 0 Å². The van der Waals surface area contributed by atoms with Crippen molar-refractivity contribution in [2.45, 2.75) is 18.9 Å². The summed E-state index contributed by atoms with van der Waals surface area (Å²) in [6, 6.07) is 9.79. The van der Waals surface area contributed by atoms with Crippen LogP contribution >= 0.6 is 0 Å². The van der Waals surface area contributed by atoms with Crippen LogP contribution in [0.1, 0.15) is 12.8 Å². The van der Waals surface area contributed by atoms with Gasteiger partial charge in [-0.25, -0.2) is 9.97 Å². The summed E-state index contributed by atoms with van der Waals surface area (Å²) in [7, 11) is 0. The summed E-state index contributed by atoms with van der Waals surface area (Å²) in [6.07, 6.45) is 5.60. The molecular weight excluding hydrogens is 278 g/mol. The zero-order valence-electron chi connectivity index (χ0n) is 11.8. The van der Waals surface area contributed by atoms with E-state index in [9.17, 15) is 4.79 Å². The summed E-state index contributed by atoms with van der Waals surface area (Å²) >= 11 is 0. The third-order valence-electron chi connectivity index (χ3n) is 3.59. The first-order valence-corrected chi connectivity index (χ1v) is 7.27. The maximum atomic E-state index is 12.1. The van der Waals surface area contributed by atoms with Gasteiger partial charge in [-0.05, 0) is 42.5 Å². The Morgan fingerprint density at radius 3 is 2.86 bits per heavy atom. The lowest BCUT2D eigenvalue weighted by molar-refractivity contribution is 1.12. The molecule has 0 bridgehead atoms. The van der Waals surface area contributed by atoms with Gasteiger partial charge in [0, 0.05) is 18.4 Å². The molecule has 0 radical (unpaired) electrons. The van der Waals surface area contributed by atoms with Crippen LogP contribution in [0, 0.1) is 0 Å². The van der Waals surface area contributed by atoms with Gasteiger partial charge in [-0.1, -0.05) is 6.07 Å². The fourth-order valence-electron chi connectivity index (χ4n) is 2.37. The van der Waals surface area contributed by atoms with Gasteiger partial charge in [0.15, 0.2) is 0 Å². The largest absolute Gasteiger partial charge is 0.367 e. The predicted molar refractivity (Wildman–Crippen MR) is 86.5 cm³/mol. The highest BCUT2D eigenvalue weighted by molar-refractivity contribution is 5.93. The number of fused-ring (bicyclic) bond motifs is 1. The highest BCUT2D eigenvalue weighted by atomic mass is 16.1. The zero-order valence-corrected chi connectivity index (χ0v) is 11.8. The lowest BCUT2D eigenvalue weighted by Crippen LogP contribution is -2.12. The van der Waals surface area contributed by atoms with E-state index in [1.54, 1.807) is 12.4 Å². The molecule has 1 aliphatic rings. The molecule has 0 amide bonds. The molecule has 3 heterocycles. The minimum atomic E-state index is -0.127. The van der Waals surface area contributed by atoms with E-state index in [0.29, 0.717) is 23.1 Å². The first-order valence-electron chi connectivity index (χ1n) is 7.27. The van der Waals surface area contributed by atoms with Crippen molar-refractivity contribution in [3.05, 3.63) is 53.1 Å². The van der Waals surface area contributed by atoms with Crippen molar-refractivity contribution in [3.63, 3.8) is 0 Å². The van der Waals surface area contributed by atoms with Crippen LogP contribution in [0.4, 0.5) is 17.5 Å². The second kappa shape index (κ2) is 5.14. The van der Waals surface area contributed by atoms with E-state index in [-0.39, 0.29) is 5.56 Å². The number of aromatic nitrogens is 3. The summed E-state index contributed by atoms with van der Waals surface area (Å²) in [4.78, 5) is 23.6. The molecule has 0 spiro atoms. The third kappa shape index (κ3) is 2.50. The van der Waals surface area contributed by atoms with Gasteiger partial charge in [-0.3, -0.25) is 4.79 Å². The van der Waals surface area contributed by atoms with Gasteiger partial charge in [0.05, 0.1) is 5.39 Å². The zero-order chi connectivity index (χ0) is 14.9. The Morgan fingerprint density at radius 2 is 2.09 bits per heavy atom. The average molecular weight is 293 g/mol. The molecule has 6 heteroatoms. The molecule has 0 aliphatic heterocycles. The molecule has 0 saturated heterocycles. The molecule has 1 fully saturated rings. The standard InChI is InChI=1S/C16H15N5O/c22-16-14-10(6-8-18-16)9-13(20-12-3-1-2-7-17-12)21-15(14)19-11-4-5-11/h1-3,6-9,11H,4-5H2,(H,18,22)(H2,17,19,20,21). The molecule has 3 N–H and O–H groups in total. The van der Waals surface area contributed by atoms with Crippen LogP contribution in [0.2, 0.25) is 0 Å². The number of pyridine rings is 3. The lowest BCUT2D eigenvalue weighted by Gasteiger charge is -2.11. The summed E-state index contributed by atoms with van der Waals surface area (Å²) in [6.45, 7) is 0. The van der Waals surface area contributed by atoms with Gasteiger partial charge < -0.3 is 15.6 Å². The molecule has 6 nitrogen and oxygen atoms in total. The van der Waals surface area contributed by atoms with Crippen molar-refractivity contribution >= 4 is 28.2 Å². The molecule has 0 unspecified atom stereocenters. The van der Waals surface area contributed by atoms with E-state index in [4.69, 9.17) is 0 Å². The van der Waals surface area contributed by atoms with Crippen LogP contribution in [0.5, 0.6) is 0 Å². The van der Waals surface area contributed by atoms with E-state index in [2.05, 4.69) is 25.6 Å². The number of hydrogen-bond donors (Lipinski definition) is 3. The van der Waals surface area contributed by atoms with Crippen molar-refractivity contribution < 1.29 is 0 Å². The number of anilines is 3. The second-order valence-electron chi connectivity index (χ2n) is 5.39. The summed E-state index contributed by atoms with van der Waals surface area (Å²) in [5.41, 5.74) is -0.127. The van der Waals surface area contributed by atoms with Crippen LogP contribution in [0.15, 0.2) is 47.5 Å². The molecule has 3 aromatic rings. The minimum Gasteiger partial charge on any atom is -0.367 e. The number of nitrogens with zero attached hydrogens (tertiary/aromatic N) is 2. The van der Waals surface area contributed by atoms with Gasteiger partial charge in [0.1, 0.15) is 17.5 Å². The van der Waals surface area contributed by atoms with E-state index < -0.39 is 0 Å². The molecule has 110 valence electrons. The average Bonchev–Trinajstić information content (AvgIpc) is 3.32. The molecule has 0 aromatic carbocycles. The Labute approximate surface area is 126 Å². The third-order valence-corrected chi connectivity index (χ3v) is 3.59. The first-order chi connectivity index (χ1) is 10.8. The Bertz CT molecular complexity index is 871.